The molecule has 1 fully saturated rings. The van der Waals surface area contributed by atoms with E-state index in [4.69, 9.17) is 4.74 Å². The first-order valence-electron chi connectivity index (χ1n) is 11.3. The third-order valence-corrected chi connectivity index (χ3v) is 6.22. The van der Waals surface area contributed by atoms with Crippen LogP contribution in [0.5, 0.6) is 0 Å². The number of piperidine rings is 1. The van der Waals surface area contributed by atoms with Crippen LogP contribution >= 0.6 is 0 Å². The van der Waals surface area contributed by atoms with Gasteiger partial charge < -0.3 is 15.0 Å². The number of likely N-dealkylation sites (tertiary alicyclic amines) is 1. The van der Waals surface area contributed by atoms with Gasteiger partial charge in [0.2, 0.25) is 5.91 Å². The fourth-order valence-electron chi connectivity index (χ4n) is 4.43. The Morgan fingerprint density at radius 2 is 1.73 bits per heavy atom. The molecule has 0 aliphatic carbocycles. The van der Waals surface area contributed by atoms with Crippen molar-refractivity contribution in [1.29, 1.82) is 0 Å². The second-order valence-electron chi connectivity index (χ2n) is 8.37. The quantitative estimate of drug-likeness (QED) is 0.581. The maximum absolute atomic E-state index is 13.3. The van der Waals surface area contributed by atoms with Crippen molar-refractivity contribution in [1.82, 2.24) is 10.2 Å². The first-order chi connectivity index (χ1) is 16.1. The lowest BCUT2D eigenvalue weighted by Gasteiger charge is -2.33. The maximum atomic E-state index is 13.3. The number of methoxy groups -OCH3 is 1. The van der Waals surface area contributed by atoms with Crippen LogP contribution in [0.3, 0.4) is 0 Å². The number of fused-ring (bicyclic) bond motifs is 1. The lowest BCUT2D eigenvalue weighted by atomic mass is 9.94. The molecule has 0 aromatic heterocycles. The van der Waals surface area contributed by atoms with Gasteiger partial charge in [-0.05, 0) is 35.2 Å². The van der Waals surface area contributed by atoms with Gasteiger partial charge in [-0.15, -0.1) is 0 Å². The molecule has 0 saturated carbocycles. The number of ether oxygens (including phenoxy) is 1. The van der Waals surface area contributed by atoms with Crippen LogP contribution in [0.2, 0.25) is 0 Å². The Labute approximate surface area is 193 Å². The molecule has 6 heteroatoms. The van der Waals surface area contributed by atoms with Crippen LogP contribution in [0.1, 0.15) is 41.2 Å². The number of esters is 1. The molecule has 2 amide bonds. The molecule has 0 radical (unpaired) electrons. The highest BCUT2D eigenvalue weighted by atomic mass is 16.5. The number of nitrogens with one attached hydrogen (secondary N) is 1. The number of carbonyl (C=O) groups is 3. The van der Waals surface area contributed by atoms with E-state index in [1.807, 2.05) is 72.8 Å². The van der Waals surface area contributed by atoms with Crippen molar-refractivity contribution in [3.63, 3.8) is 0 Å². The van der Waals surface area contributed by atoms with Crippen molar-refractivity contribution >= 4 is 28.6 Å². The second-order valence-corrected chi connectivity index (χ2v) is 8.37. The van der Waals surface area contributed by atoms with E-state index >= 15 is 0 Å². The number of amides is 2. The van der Waals surface area contributed by atoms with Gasteiger partial charge in [0.1, 0.15) is 0 Å². The standard InChI is InChI=1S/C27H28N2O4/c1-33-25(30)17-24(20-10-3-2-4-11-20)28-26(31)21-13-8-16-29(18-21)27(32)23-15-7-12-19-9-5-6-14-22(19)23/h2-7,9-12,14-15,21,24H,8,13,16-18H2,1H3,(H,28,31). The van der Waals surface area contributed by atoms with Crippen LogP contribution in [0, 0.1) is 5.92 Å². The monoisotopic (exact) mass is 444 g/mol. The van der Waals surface area contributed by atoms with Crippen molar-refractivity contribution in [3.8, 4) is 0 Å². The van der Waals surface area contributed by atoms with E-state index < -0.39 is 6.04 Å². The molecule has 3 aromatic carbocycles. The van der Waals surface area contributed by atoms with E-state index in [1.165, 1.54) is 7.11 Å². The van der Waals surface area contributed by atoms with Crippen LogP contribution < -0.4 is 5.32 Å². The van der Waals surface area contributed by atoms with E-state index in [1.54, 1.807) is 4.90 Å². The number of hydrogen-bond donors (Lipinski definition) is 1. The smallest absolute Gasteiger partial charge is 0.307 e. The van der Waals surface area contributed by atoms with E-state index in [-0.39, 0.29) is 30.1 Å². The molecule has 0 spiro atoms. The van der Waals surface area contributed by atoms with Crippen molar-refractivity contribution in [2.75, 3.05) is 20.2 Å². The lowest BCUT2D eigenvalue weighted by Crippen LogP contribution is -2.46. The molecule has 2 unspecified atom stereocenters. The lowest BCUT2D eigenvalue weighted by molar-refractivity contribution is -0.141. The number of benzene rings is 3. The zero-order valence-corrected chi connectivity index (χ0v) is 18.7. The zero-order valence-electron chi connectivity index (χ0n) is 18.7. The molecule has 1 heterocycles. The molecule has 2 atom stereocenters. The van der Waals surface area contributed by atoms with E-state index in [9.17, 15) is 14.4 Å². The molecule has 1 N–H and O–H groups in total. The highest BCUT2D eigenvalue weighted by Gasteiger charge is 2.31. The molecule has 1 aliphatic rings. The molecule has 33 heavy (non-hydrogen) atoms. The number of rotatable bonds is 6. The third kappa shape index (κ3) is 5.22. The van der Waals surface area contributed by atoms with E-state index in [0.717, 1.165) is 22.8 Å². The Balaban J connectivity index is 1.48. The Hall–Kier alpha value is -3.67. The summed E-state index contributed by atoms with van der Waals surface area (Å²) < 4.78 is 4.82. The molecular formula is C27H28N2O4. The first kappa shape index (κ1) is 22.5. The second kappa shape index (κ2) is 10.3. The third-order valence-electron chi connectivity index (χ3n) is 6.22. The SMILES string of the molecule is COC(=O)CC(NC(=O)C1CCCN(C(=O)c2cccc3ccccc23)C1)c1ccccc1. The highest BCUT2D eigenvalue weighted by Crippen LogP contribution is 2.25. The molecule has 170 valence electrons. The summed E-state index contributed by atoms with van der Waals surface area (Å²) in [4.78, 5) is 40.2. The number of hydrogen-bond acceptors (Lipinski definition) is 4. The van der Waals surface area contributed by atoms with Crippen molar-refractivity contribution < 1.29 is 19.1 Å². The summed E-state index contributed by atoms with van der Waals surface area (Å²) in [7, 11) is 1.34. The van der Waals surface area contributed by atoms with Crippen LogP contribution in [0.15, 0.2) is 72.8 Å². The normalized spacial score (nSPS) is 16.8. The molecule has 4 rings (SSSR count). The minimum atomic E-state index is -0.477. The Morgan fingerprint density at radius 1 is 1.00 bits per heavy atom. The van der Waals surface area contributed by atoms with Gasteiger partial charge in [0.05, 0.1) is 25.5 Å². The largest absolute Gasteiger partial charge is 0.469 e. The van der Waals surface area contributed by atoms with Crippen molar-refractivity contribution in [2.24, 2.45) is 5.92 Å². The Morgan fingerprint density at radius 3 is 2.52 bits per heavy atom. The minimum Gasteiger partial charge on any atom is -0.469 e. The fraction of sp³-hybridized carbons (Fsp3) is 0.296. The van der Waals surface area contributed by atoms with Gasteiger partial charge in [-0.1, -0.05) is 66.7 Å². The van der Waals surface area contributed by atoms with Gasteiger partial charge in [-0.25, -0.2) is 0 Å². The fourth-order valence-corrected chi connectivity index (χ4v) is 4.43. The predicted octanol–water partition coefficient (Wildman–Crippen LogP) is 4.11. The first-order valence-corrected chi connectivity index (χ1v) is 11.3. The van der Waals surface area contributed by atoms with Gasteiger partial charge in [0.25, 0.3) is 5.91 Å². The summed E-state index contributed by atoms with van der Waals surface area (Å²) in [6, 6.07) is 22.5. The van der Waals surface area contributed by atoms with Crippen LogP contribution in [0.25, 0.3) is 10.8 Å². The average molecular weight is 445 g/mol. The molecule has 1 saturated heterocycles. The maximum Gasteiger partial charge on any atom is 0.307 e. The summed E-state index contributed by atoms with van der Waals surface area (Å²) in [5, 5.41) is 4.95. The highest BCUT2D eigenvalue weighted by molar-refractivity contribution is 6.07. The summed E-state index contributed by atoms with van der Waals surface area (Å²) in [6.07, 6.45) is 1.50. The number of carbonyl (C=O) groups excluding carboxylic acids is 3. The van der Waals surface area contributed by atoms with Gasteiger partial charge >= 0.3 is 5.97 Å². The van der Waals surface area contributed by atoms with Gasteiger partial charge in [-0.3, -0.25) is 14.4 Å². The van der Waals surface area contributed by atoms with E-state index in [0.29, 0.717) is 25.1 Å². The summed E-state index contributed by atoms with van der Waals surface area (Å²) in [5.41, 5.74) is 1.50. The van der Waals surface area contributed by atoms with Crippen molar-refractivity contribution in [3.05, 3.63) is 83.9 Å². The Kier molecular flexibility index (Phi) is 7.03. The van der Waals surface area contributed by atoms with Gasteiger partial charge in [0, 0.05) is 18.7 Å². The van der Waals surface area contributed by atoms with Gasteiger partial charge in [-0.2, -0.15) is 0 Å². The average Bonchev–Trinajstić information content (AvgIpc) is 2.88. The van der Waals surface area contributed by atoms with Crippen LogP contribution in [-0.2, 0) is 14.3 Å². The van der Waals surface area contributed by atoms with E-state index in [2.05, 4.69) is 5.32 Å². The number of nitrogens with zero attached hydrogens (tertiary/aromatic N) is 1. The molecule has 1 aliphatic heterocycles. The summed E-state index contributed by atoms with van der Waals surface area (Å²) >= 11 is 0. The summed E-state index contributed by atoms with van der Waals surface area (Å²) in [6.45, 7) is 0.976. The van der Waals surface area contributed by atoms with Crippen LogP contribution in [0.4, 0.5) is 0 Å². The van der Waals surface area contributed by atoms with Crippen molar-refractivity contribution in [2.45, 2.75) is 25.3 Å². The predicted molar refractivity (Wildman–Crippen MR) is 127 cm³/mol. The Bertz CT molecular complexity index is 1140. The minimum absolute atomic E-state index is 0.0532. The zero-order chi connectivity index (χ0) is 23.2. The van der Waals surface area contributed by atoms with Crippen LogP contribution in [-0.4, -0.2) is 42.9 Å². The van der Waals surface area contributed by atoms with Gasteiger partial charge in [0.15, 0.2) is 0 Å². The molecule has 0 bridgehead atoms. The summed E-state index contributed by atoms with van der Waals surface area (Å²) in [5.74, 6) is -0.927. The molecule has 3 aromatic rings. The molecule has 6 nitrogen and oxygen atoms in total. The molecular weight excluding hydrogens is 416 g/mol. The topological polar surface area (TPSA) is 75.7 Å².